The number of aromatic nitrogens is 3. The van der Waals surface area contributed by atoms with Gasteiger partial charge in [-0.1, -0.05) is 6.08 Å². The molecular weight excluding hydrogens is 268 g/mol. The van der Waals surface area contributed by atoms with Crippen LogP contribution in [0.15, 0.2) is 24.1 Å². The smallest absolute Gasteiger partial charge is 0.319 e. The number of likely N-dealkylation sites (N-methyl/N-ethyl adjacent to an activating group) is 1. The van der Waals surface area contributed by atoms with Crippen molar-refractivity contribution in [3.8, 4) is 0 Å². The molecule has 0 N–H and O–H groups in total. The van der Waals surface area contributed by atoms with E-state index in [1.54, 1.807) is 6.08 Å². The predicted octanol–water partition coefficient (Wildman–Crippen LogP) is 0.936. The van der Waals surface area contributed by atoms with E-state index >= 15 is 0 Å². The molecule has 1 heterocycles. The first-order chi connectivity index (χ1) is 8.84. The van der Waals surface area contributed by atoms with E-state index in [1.165, 1.54) is 18.7 Å². The number of hydrogen-bond acceptors (Lipinski definition) is 5. The summed E-state index contributed by atoms with van der Waals surface area (Å²) in [5, 5.41) is 2.79. The van der Waals surface area contributed by atoms with E-state index in [-0.39, 0.29) is 5.16 Å². The zero-order valence-corrected chi connectivity index (χ0v) is 12.1. The first-order valence-electron chi connectivity index (χ1n) is 5.90. The highest BCUT2D eigenvalue weighted by atomic mass is 32.2. The normalized spacial score (nSPS) is 11.6. The number of sulfone groups is 1. The minimum Gasteiger partial charge on any atom is -0.319 e. The Bertz CT molecular complexity index is 562. The van der Waals surface area contributed by atoms with Crippen molar-refractivity contribution in [1.29, 1.82) is 0 Å². The lowest BCUT2D eigenvalue weighted by atomic mass is 10.5. The fourth-order valence-corrected chi connectivity index (χ4v) is 2.14. The molecule has 0 bridgehead atoms. The molecule has 0 aliphatic heterocycles. The molecule has 0 aliphatic rings. The number of amides is 1. The minimum atomic E-state index is -3.57. The summed E-state index contributed by atoms with van der Waals surface area (Å²) in [7, 11) is -3.57. The maximum absolute atomic E-state index is 12.0. The summed E-state index contributed by atoms with van der Waals surface area (Å²) in [6.45, 7) is 9.27. The zero-order chi connectivity index (χ0) is 14.6. The Morgan fingerprint density at radius 1 is 1.58 bits per heavy atom. The van der Waals surface area contributed by atoms with E-state index in [9.17, 15) is 13.2 Å². The second kappa shape index (κ2) is 5.96. The van der Waals surface area contributed by atoms with Crippen LogP contribution in [0.4, 0.5) is 4.79 Å². The lowest BCUT2D eigenvalue weighted by Gasteiger charge is -2.17. The minimum absolute atomic E-state index is 0.328. The summed E-state index contributed by atoms with van der Waals surface area (Å²) in [5.74, 6) is 0. The molecule has 0 saturated carbocycles. The Balaban J connectivity index is 3.03. The third kappa shape index (κ3) is 3.19. The van der Waals surface area contributed by atoms with Crippen LogP contribution in [-0.4, -0.2) is 52.5 Å². The Labute approximate surface area is 112 Å². The van der Waals surface area contributed by atoms with Crippen LogP contribution < -0.4 is 0 Å². The van der Waals surface area contributed by atoms with Gasteiger partial charge in [-0.05, 0) is 20.8 Å². The van der Waals surface area contributed by atoms with Gasteiger partial charge >= 0.3 is 6.03 Å². The van der Waals surface area contributed by atoms with Crippen LogP contribution >= 0.6 is 0 Å². The van der Waals surface area contributed by atoms with Crippen molar-refractivity contribution in [3.63, 3.8) is 0 Å². The van der Waals surface area contributed by atoms with Crippen LogP contribution in [0.25, 0.3) is 0 Å². The van der Waals surface area contributed by atoms with E-state index < -0.39 is 21.1 Å². The number of rotatable bonds is 5. The first kappa shape index (κ1) is 15.4. The average Bonchev–Trinajstić information content (AvgIpc) is 2.85. The Kier molecular flexibility index (Phi) is 4.82. The van der Waals surface area contributed by atoms with Crippen LogP contribution in [-0.2, 0) is 9.84 Å². The molecule has 0 atom stereocenters. The molecule has 0 aromatic carbocycles. The van der Waals surface area contributed by atoms with Crippen molar-refractivity contribution in [1.82, 2.24) is 19.7 Å². The van der Waals surface area contributed by atoms with Gasteiger partial charge in [0.15, 0.2) is 0 Å². The second-order valence-electron chi connectivity index (χ2n) is 4.18. The molecule has 8 heteroatoms. The Morgan fingerprint density at radius 2 is 2.21 bits per heavy atom. The summed E-state index contributed by atoms with van der Waals surface area (Å²) < 4.78 is 24.6. The van der Waals surface area contributed by atoms with Gasteiger partial charge in [0.05, 0.1) is 5.25 Å². The SMILES string of the molecule is C=CCN(CC)C(=O)n1cnc(S(=O)(=O)C(C)C)n1. The van der Waals surface area contributed by atoms with Crippen molar-refractivity contribution in [2.45, 2.75) is 31.2 Å². The van der Waals surface area contributed by atoms with Crippen molar-refractivity contribution in [2.75, 3.05) is 13.1 Å². The van der Waals surface area contributed by atoms with Gasteiger partial charge in [-0.15, -0.1) is 11.7 Å². The maximum atomic E-state index is 12.0. The molecule has 1 aromatic rings. The molecule has 0 spiro atoms. The van der Waals surface area contributed by atoms with E-state index in [4.69, 9.17) is 0 Å². The van der Waals surface area contributed by atoms with Crippen LogP contribution in [0, 0.1) is 0 Å². The maximum Gasteiger partial charge on any atom is 0.346 e. The number of carbonyl (C=O) groups excluding carboxylic acids is 1. The van der Waals surface area contributed by atoms with E-state index in [0.717, 1.165) is 11.0 Å². The van der Waals surface area contributed by atoms with Crippen LogP contribution in [0.1, 0.15) is 20.8 Å². The monoisotopic (exact) mass is 286 g/mol. The lowest BCUT2D eigenvalue weighted by molar-refractivity contribution is 0.204. The molecule has 0 saturated heterocycles. The third-order valence-corrected chi connectivity index (χ3v) is 4.48. The molecule has 1 rings (SSSR count). The van der Waals surface area contributed by atoms with Gasteiger partial charge in [-0.2, -0.15) is 4.68 Å². The largest absolute Gasteiger partial charge is 0.346 e. The molecule has 106 valence electrons. The summed E-state index contributed by atoms with van der Waals surface area (Å²) in [5.41, 5.74) is 0. The van der Waals surface area contributed by atoms with Gasteiger partial charge in [-0.3, -0.25) is 0 Å². The van der Waals surface area contributed by atoms with Crippen LogP contribution in [0.5, 0.6) is 0 Å². The number of hydrogen-bond donors (Lipinski definition) is 0. The van der Waals surface area contributed by atoms with Gasteiger partial charge in [-0.25, -0.2) is 18.2 Å². The van der Waals surface area contributed by atoms with Crippen molar-refractivity contribution in [3.05, 3.63) is 19.0 Å². The molecule has 7 nitrogen and oxygen atoms in total. The standard InChI is InChI=1S/C11H18N4O3S/c1-5-7-14(6-2)11(16)15-8-12-10(13-15)19(17,18)9(3)4/h5,8-9H,1,6-7H2,2-4H3. The Hall–Kier alpha value is -1.70. The summed E-state index contributed by atoms with van der Waals surface area (Å²) in [6.07, 6.45) is 2.70. The fourth-order valence-electron chi connectivity index (χ4n) is 1.32. The molecule has 1 amide bonds. The number of nitrogens with zero attached hydrogens (tertiary/aromatic N) is 4. The van der Waals surface area contributed by atoms with E-state index in [2.05, 4.69) is 16.7 Å². The topological polar surface area (TPSA) is 85.2 Å². The van der Waals surface area contributed by atoms with Crippen LogP contribution in [0.3, 0.4) is 0 Å². The quantitative estimate of drug-likeness (QED) is 0.752. The van der Waals surface area contributed by atoms with Gasteiger partial charge < -0.3 is 4.90 Å². The molecular formula is C11H18N4O3S. The highest BCUT2D eigenvalue weighted by molar-refractivity contribution is 7.91. The van der Waals surface area contributed by atoms with Gasteiger partial charge in [0, 0.05) is 13.1 Å². The summed E-state index contributed by atoms with van der Waals surface area (Å²) in [6, 6.07) is -0.430. The second-order valence-corrected chi connectivity index (χ2v) is 6.57. The predicted molar refractivity (Wildman–Crippen MR) is 70.6 cm³/mol. The van der Waals surface area contributed by atoms with Crippen molar-refractivity contribution < 1.29 is 13.2 Å². The molecule has 19 heavy (non-hydrogen) atoms. The first-order valence-corrected chi connectivity index (χ1v) is 7.45. The van der Waals surface area contributed by atoms with Gasteiger partial charge in [0.25, 0.3) is 5.16 Å². The van der Waals surface area contributed by atoms with Gasteiger partial charge in [0.1, 0.15) is 6.33 Å². The third-order valence-electron chi connectivity index (χ3n) is 2.54. The summed E-state index contributed by atoms with van der Waals surface area (Å²) >= 11 is 0. The van der Waals surface area contributed by atoms with E-state index in [0.29, 0.717) is 13.1 Å². The van der Waals surface area contributed by atoms with E-state index in [1.807, 2.05) is 6.92 Å². The lowest BCUT2D eigenvalue weighted by Crippen LogP contribution is -2.35. The Morgan fingerprint density at radius 3 is 2.68 bits per heavy atom. The molecule has 0 fully saturated rings. The molecule has 0 radical (unpaired) electrons. The number of carbonyl (C=O) groups is 1. The molecule has 0 unspecified atom stereocenters. The fraction of sp³-hybridized carbons (Fsp3) is 0.545. The average molecular weight is 286 g/mol. The van der Waals surface area contributed by atoms with Gasteiger partial charge in [0.2, 0.25) is 9.84 Å². The van der Waals surface area contributed by atoms with Crippen molar-refractivity contribution in [2.24, 2.45) is 0 Å². The molecule has 1 aromatic heterocycles. The van der Waals surface area contributed by atoms with Crippen LogP contribution in [0.2, 0.25) is 0 Å². The highest BCUT2D eigenvalue weighted by Crippen LogP contribution is 2.10. The van der Waals surface area contributed by atoms with Crippen molar-refractivity contribution >= 4 is 15.9 Å². The summed E-state index contributed by atoms with van der Waals surface area (Å²) in [4.78, 5) is 17.2. The highest BCUT2D eigenvalue weighted by Gasteiger charge is 2.25. The molecule has 0 aliphatic carbocycles. The zero-order valence-electron chi connectivity index (χ0n) is 11.3.